The van der Waals surface area contributed by atoms with Crippen LogP contribution in [0.15, 0.2) is 11.5 Å². The maximum atomic E-state index is 11.3. The fourth-order valence-electron chi connectivity index (χ4n) is 2.81. The van der Waals surface area contributed by atoms with Crippen molar-refractivity contribution in [3.8, 4) is 0 Å². The van der Waals surface area contributed by atoms with Gasteiger partial charge < -0.3 is 5.32 Å². The van der Waals surface area contributed by atoms with E-state index in [2.05, 4.69) is 19.2 Å². The molecule has 2 atom stereocenters. The van der Waals surface area contributed by atoms with Crippen molar-refractivity contribution >= 4 is 9.84 Å². The molecule has 0 spiro atoms. The topological polar surface area (TPSA) is 46.2 Å². The number of hydrogen-bond acceptors (Lipinski definition) is 3. The summed E-state index contributed by atoms with van der Waals surface area (Å²) in [4.78, 5) is 0. The predicted molar refractivity (Wildman–Crippen MR) is 70.5 cm³/mol. The van der Waals surface area contributed by atoms with Crippen molar-refractivity contribution in [3.63, 3.8) is 0 Å². The molecule has 3 nitrogen and oxygen atoms in total. The highest BCUT2D eigenvalue weighted by molar-refractivity contribution is 7.94. The molecule has 0 amide bonds. The average molecular weight is 257 g/mol. The van der Waals surface area contributed by atoms with E-state index in [9.17, 15) is 8.42 Å². The van der Waals surface area contributed by atoms with Crippen LogP contribution in [0, 0.1) is 5.41 Å². The number of nitrogens with one attached hydrogen (secondary N) is 1. The third kappa shape index (κ3) is 3.81. The zero-order valence-corrected chi connectivity index (χ0v) is 11.6. The Morgan fingerprint density at radius 3 is 2.65 bits per heavy atom. The molecule has 0 aromatic heterocycles. The van der Waals surface area contributed by atoms with Crippen LogP contribution in [-0.2, 0) is 9.84 Å². The molecule has 0 saturated heterocycles. The van der Waals surface area contributed by atoms with Gasteiger partial charge in [-0.3, -0.25) is 0 Å². The summed E-state index contributed by atoms with van der Waals surface area (Å²) in [5.41, 5.74) is 0.452. The van der Waals surface area contributed by atoms with E-state index >= 15 is 0 Å². The van der Waals surface area contributed by atoms with Gasteiger partial charge in [-0.1, -0.05) is 26.3 Å². The van der Waals surface area contributed by atoms with Gasteiger partial charge in [-0.2, -0.15) is 0 Å². The highest BCUT2D eigenvalue weighted by atomic mass is 32.2. The van der Waals surface area contributed by atoms with Crippen LogP contribution in [0.2, 0.25) is 0 Å². The summed E-state index contributed by atoms with van der Waals surface area (Å²) in [6.45, 7) is 4.66. The first-order chi connectivity index (χ1) is 7.86. The highest BCUT2D eigenvalue weighted by Gasteiger charge is 2.27. The predicted octanol–water partition coefficient (Wildman–Crippen LogP) is 2.25. The van der Waals surface area contributed by atoms with Crippen LogP contribution in [0.3, 0.4) is 0 Å². The van der Waals surface area contributed by atoms with E-state index in [0.29, 0.717) is 11.5 Å². The van der Waals surface area contributed by atoms with Crippen LogP contribution in [-0.4, -0.2) is 26.3 Å². The summed E-state index contributed by atoms with van der Waals surface area (Å²) < 4.78 is 22.7. The minimum atomic E-state index is -2.92. The molecular formula is C13H23NO2S. The van der Waals surface area contributed by atoms with Crippen molar-refractivity contribution in [3.05, 3.63) is 11.5 Å². The van der Waals surface area contributed by atoms with E-state index in [1.807, 2.05) is 0 Å². The fourth-order valence-corrected chi connectivity index (χ4v) is 4.06. The van der Waals surface area contributed by atoms with Gasteiger partial charge in [0.1, 0.15) is 0 Å². The molecule has 1 heterocycles. The van der Waals surface area contributed by atoms with Gasteiger partial charge >= 0.3 is 0 Å². The van der Waals surface area contributed by atoms with Crippen molar-refractivity contribution in [2.45, 2.75) is 58.0 Å². The Kier molecular flexibility index (Phi) is 3.64. The second-order valence-corrected chi connectivity index (χ2v) is 8.15. The lowest BCUT2D eigenvalue weighted by atomic mass is 9.85. The van der Waals surface area contributed by atoms with E-state index in [0.717, 1.165) is 6.42 Å². The Labute approximate surface area is 105 Å². The Morgan fingerprint density at radius 2 is 2.00 bits per heavy atom. The van der Waals surface area contributed by atoms with Crippen molar-refractivity contribution in [1.29, 1.82) is 0 Å². The highest BCUT2D eigenvalue weighted by Crippen LogP contribution is 2.34. The minimum Gasteiger partial charge on any atom is -0.307 e. The van der Waals surface area contributed by atoms with Gasteiger partial charge in [-0.15, -0.1) is 0 Å². The molecule has 1 fully saturated rings. The molecule has 17 heavy (non-hydrogen) atoms. The summed E-state index contributed by atoms with van der Waals surface area (Å²) in [5.74, 6) is 0.243. The molecule has 0 aromatic rings. The van der Waals surface area contributed by atoms with Gasteiger partial charge in [-0.05, 0) is 31.1 Å². The second kappa shape index (κ2) is 4.73. The number of sulfone groups is 1. The van der Waals surface area contributed by atoms with E-state index < -0.39 is 9.84 Å². The molecule has 98 valence electrons. The molecule has 1 aliphatic carbocycles. The van der Waals surface area contributed by atoms with Crippen molar-refractivity contribution in [2.75, 3.05) is 5.75 Å². The Bertz CT molecular complexity index is 398. The number of rotatable bonds is 2. The first kappa shape index (κ1) is 13.1. The normalized spacial score (nSPS) is 35.6. The molecule has 1 saturated carbocycles. The van der Waals surface area contributed by atoms with Crippen LogP contribution in [0.1, 0.15) is 46.0 Å². The van der Waals surface area contributed by atoms with Crippen molar-refractivity contribution in [1.82, 2.24) is 5.32 Å². The van der Waals surface area contributed by atoms with E-state index in [1.54, 1.807) is 6.08 Å². The van der Waals surface area contributed by atoms with E-state index in [-0.39, 0.29) is 11.8 Å². The maximum absolute atomic E-state index is 11.3. The monoisotopic (exact) mass is 257 g/mol. The SMILES string of the molecule is CC1(C)CCCC(NC2C=CS(=O)(=O)C2)CC1. The lowest BCUT2D eigenvalue weighted by Crippen LogP contribution is -2.38. The first-order valence-corrected chi connectivity index (χ1v) is 8.25. The molecule has 2 rings (SSSR count). The molecule has 2 aliphatic rings. The molecule has 0 bridgehead atoms. The summed E-state index contributed by atoms with van der Waals surface area (Å²) in [5, 5.41) is 4.84. The fraction of sp³-hybridized carbons (Fsp3) is 0.846. The van der Waals surface area contributed by atoms with Crippen LogP contribution in [0.5, 0.6) is 0 Å². The standard InChI is InChI=1S/C13H23NO2S/c1-13(2)7-3-4-11(5-8-13)14-12-6-9-17(15,16)10-12/h6,9,11-12,14H,3-5,7-8,10H2,1-2H3. The third-order valence-corrected chi connectivity index (χ3v) is 5.35. The molecular weight excluding hydrogens is 234 g/mol. The van der Waals surface area contributed by atoms with Gasteiger partial charge in [-0.25, -0.2) is 8.42 Å². The van der Waals surface area contributed by atoms with E-state index in [1.165, 1.54) is 31.1 Å². The quantitative estimate of drug-likeness (QED) is 0.772. The molecule has 0 radical (unpaired) electrons. The molecule has 0 aromatic carbocycles. The largest absolute Gasteiger partial charge is 0.307 e. The van der Waals surface area contributed by atoms with Gasteiger partial charge in [0, 0.05) is 17.5 Å². The second-order valence-electron chi connectivity index (χ2n) is 6.22. The smallest absolute Gasteiger partial charge is 0.173 e. The van der Waals surface area contributed by atoms with Crippen molar-refractivity contribution < 1.29 is 8.42 Å². The molecule has 1 aliphatic heterocycles. The molecule has 1 N–H and O–H groups in total. The third-order valence-electron chi connectivity index (χ3n) is 3.96. The summed E-state index contributed by atoms with van der Waals surface area (Å²) in [7, 11) is -2.92. The van der Waals surface area contributed by atoms with Crippen LogP contribution in [0.25, 0.3) is 0 Å². The maximum Gasteiger partial charge on any atom is 0.173 e. The van der Waals surface area contributed by atoms with Gasteiger partial charge in [0.15, 0.2) is 9.84 Å². The Morgan fingerprint density at radius 1 is 1.24 bits per heavy atom. The summed E-state index contributed by atoms with van der Waals surface area (Å²) in [6.07, 6.45) is 7.89. The zero-order valence-electron chi connectivity index (χ0n) is 10.8. The molecule has 4 heteroatoms. The Hall–Kier alpha value is -0.350. The van der Waals surface area contributed by atoms with Crippen LogP contribution in [0.4, 0.5) is 0 Å². The van der Waals surface area contributed by atoms with Crippen LogP contribution < -0.4 is 5.32 Å². The first-order valence-electron chi connectivity index (χ1n) is 6.53. The Balaban J connectivity index is 1.87. The van der Waals surface area contributed by atoms with Gasteiger partial charge in [0.25, 0.3) is 0 Å². The summed E-state index contributed by atoms with van der Waals surface area (Å²) >= 11 is 0. The van der Waals surface area contributed by atoms with Crippen LogP contribution >= 0.6 is 0 Å². The van der Waals surface area contributed by atoms with Gasteiger partial charge in [0.2, 0.25) is 0 Å². The molecule has 2 unspecified atom stereocenters. The average Bonchev–Trinajstić information content (AvgIpc) is 2.44. The van der Waals surface area contributed by atoms with Crippen molar-refractivity contribution in [2.24, 2.45) is 5.41 Å². The lowest BCUT2D eigenvalue weighted by Gasteiger charge is -2.23. The number of hydrogen-bond donors (Lipinski definition) is 1. The minimum absolute atomic E-state index is 0.0335. The lowest BCUT2D eigenvalue weighted by molar-refractivity contribution is 0.309. The van der Waals surface area contributed by atoms with Gasteiger partial charge in [0.05, 0.1) is 5.75 Å². The zero-order chi connectivity index (χ0) is 12.5. The van der Waals surface area contributed by atoms with E-state index in [4.69, 9.17) is 0 Å². The summed E-state index contributed by atoms with van der Waals surface area (Å²) in [6, 6.07) is 0.519.